The number of carbonyl (C=O) groups is 3. The van der Waals surface area contributed by atoms with Gasteiger partial charge in [-0.3, -0.25) is 9.59 Å². The minimum Gasteiger partial charge on any atom is -0.469 e. The highest BCUT2D eigenvalue weighted by Gasteiger charge is 2.46. The molecule has 276 valence electrons. The maximum absolute atomic E-state index is 13.1. The number of methoxy groups -OCH3 is 1. The molecule has 11 atom stereocenters. The second-order valence-corrected chi connectivity index (χ2v) is 11.4. The Hall–Kier alpha value is -3.99. The molecular formula is C31H38O19. The highest BCUT2D eigenvalue weighted by atomic mass is 16.7. The summed E-state index contributed by atoms with van der Waals surface area (Å²) in [6.07, 6.45) is -17.3. The predicted octanol–water partition coefficient (Wildman–Crippen LogP) is -3.76. The Morgan fingerprint density at radius 1 is 0.600 bits per heavy atom. The number of benzene rings is 2. The molecule has 1 unspecified atom stereocenters. The van der Waals surface area contributed by atoms with Crippen LogP contribution in [0, 0.1) is 0 Å². The van der Waals surface area contributed by atoms with Crippen molar-refractivity contribution < 1.29 is 93.5 Å². The van der Waals surface area contributed by atoms with E-state index in [-0.39, 0.29) is 23.0 Å². The van der Waals surface area contributed by atoms with Gasteiger partial charge in [-0.25, -0.2) is 4.79 Å². The molecular weight excluding hydrogens is 676 g/mol. The maximum Gasteiger partial charge on any atom is 0.344 e. The van der Waals surface area contributed by atoms with Gasteiger partial charge in [-0.05, 0) is 48.5 Å². The summed E-state index contributed by atoms with van der Waals surface area (Å²) >= 11 is 0. The van der Waals surface area contributed by atoms with Crippen LogP contribution in [0.25, 0.3) is 0 Å². The van der Waals surface area contributed by atoms with Gasteiger partial charge in [0, 0.05) is 0 Å². The zero-order chi connectivity index (χ0) is 36.7. The summed E-state index contributed by atoms with van der Waals surface area (Å²) in [5.41, 5.74) is -2.76. The van der Waals surface area contributed by atoms with E-state index in [1.165, 1.54) is 48.5 Å². The minimum atomic E-state index is -2.76. The van der Waals surface area contributed by atoms with E-state index in [0.717, 1.165) is 7.11 Å². The molecule has 2 saturated heterocycles. The molecule has 0 aromatic heterocycles. The molecule has 4 rings (SSSR count). The molecule has 2 heterocycles. The molecule has 50 heavy (non-hydrogen) atoms. The van der Waals surface area contributed by atoms with Crippen LogP contribution in [-0.2, 0) is 28.6 Å². The number of hydrogen-bond donors (Lipinski definition) is 9. The average molecular weight is 715 g/mol. The first kappa shape index (κ1) is 38.8. The van der Waals surface area contributed by atoms with Gasteiger partial charge in [0.2, 0.25) is 12.6 Å². The van der Waals surface area contributed by atoms with Crippen molar-refractivity contribution in [1.29, 1.82) is 0 Å². The molecule has 2 aromatic rings. The third-order valence-electron chi connectivity index (χ3n) is 7.77. The fourth-order valence-corrected chi connectivity index (χ4v) is 4.90. The van der Waals surface area contributed by atoms with Crippen LogP contribution in [-0.4, -0.2) is 151 Å². The Kier molecular flexibility index (Phi) is 13.0. The Morgan fingerprint density at radius 3 is 1.38 bits per heavy atom. The molecule has 19 nitrogen and oxygen atoms in total. The van der Waals surface area contributed by atoms with Gasteiger partial charge in [0.15, 0.2) is 5.60 Å². The zero-order valence-corrected chi connectivity index (χ0v) is 26.3. The Labute approximate surface area is 283 Å². The van der Waals surface area contributed by atoms with E-state index in [2.05, 4.69) is 4.74 Å². The lowest BCUT2D eigenvalue weighted by molar-refractivity contribution is -0.277. The van der Waals surface area contributed by atoms with Crippen LogP contribution in [0.2, 0.25) is 0 Å². The zero-order valence-electron chi connectivity index (χ0n) is 26.3. The fourth-order valence-electron chi connectivity index (χ4n) is 4.90. The first-order valence-electron chi connectivity index (χ1n) is 15.1. The Balaban J connectivity index is 1.37. The van der Waals surface area contributed by atoms with Crippen molar-refractivity contribution in [3.05, 3.63) is 48.5 Å². The Bertz CT molecular complexity index is 1430. The van der Waals surface area contributed by atoms with Crippen molar-refractivity contribution in [3.63, 3.8) is 0 Å². The number of rotatable bonds is 13. The summed E-state index contributed by atoms with van der Waals surface area (Å²) in [6.45, 7) is -1.33. The monoisotopic (exact) mass is 714 g/mol. The fraction of sp³-hybridized carbons (Fsp3) is 0.516. The average Bonchev–Trinajstić information content (AvgIpc) is 3.10. The normalized spacial score (nSPS) is 30.8. The largest absolute Gasteiger partial charge is 0.469 e. The number of hydrogen-bond acceptors (Lipinski definition) is 19. The molecule has 9 N–H and O–H groups in total. The number of aliphatic hydroxyl groups is 9. The standard InChI is InChI=1S/C31H38O19/c1-44-20(34)10-31(43,30(42)48-17-8-6-16(7-9-17)47-29-27(41)25(39)23(37)19(13-33)50-29)11-21(35)45-14-2-4-15(5-3-14)46-28-26(40)24(38)22(36)18(12-32)49-28/h2-9,18-19,22-29,32-33,36-41,43H,10-13H2,1H3/t18-,19-,22-,23-,24+,25+,26-,27-,28-,29-,31?/m0/s1. The molecule has 0 saturated carbocycles. The van der Waals surface area contributed by atoms with E-state index < -0.39 is 111 Å². The molecule has 19 heteroatoms. The molecule has 0 aliphatic carbocycles. The van der Waals surface area contributed by atoms with Gasteiger partial charge < -0.3 is 79.1 Å². The SMILES string of the molecule is COC(=O)CC(O)(CC(=O)Oc1ccc(O[C@H]2O[C@@H](CO)[C@H](O)[C@@H](O)[C@@H]2O)cc1)C(=O)Oc1ccc(O[C@H]2O[C@@H](CO)[C@H](O)[C@@H](O)[C@@H]2O)cc1. The van der Waals surface area contributed by atoms with Gasteiger partial charge in [0.25, 0.3) is 0 Å². The van der Waals surface area contributed by atoms with Crippen molar-refractivity contribution in [3.8, 4) is 23.0 Å². The number of carbonyl (C=O) groups excluding carboxylic acids is 3. The van der Waals surface area contributed by atoms with Gasteiger partial charge >= 0.3 is 17.9 Å². The van der Waals surface area contributed by atoms with Crippen LogP contribution < -0.4 is 18.9 Å². The van der Waals surface area contributed by atoms with Crippen molar-refractivity contribution in [2.24, 2.45) is 0 Å². The van der Waals surface area contributed by atoms with Crippen LogP contribution in [0.5, 0.6) is 23.0 Å². The van der Waals surface area contributed by atoms with Crippen LogP contribution in [0.3, 0.4) is 0 Å². The molecule has 0 spiro atoms. The molecule has 0 bridgehead atoms. The molecule has 2 aliphatic rings. The van der Waals surface area contributed by atoms with E-state index in [4.69, 9.17) is 28.4 Å². The summed E-state index contributed by atoms with van der Waals surface area (Å²) < 4.78 is 36.4. The smallest absolute Gasteiger partial charge is 0.344 e. The van der Waals surface area contributed by atoms with Gasteiger partial charge in [-0.1, -0.05) is 0 Å². The van der Waals surface area contributed by atoms with Gasteiger partial charge in [-0.2, -0.15) is 0 Å². The molecule has 2 aliphatic heterocycles. The summed E-state index contributed by atoms with van der Waals surface area (Å²) in [6, 6.07) is 9.94. The van der Waals surface area contributed by atoms with E-state index in [1.807, 2.05) is 0 Å². The van der Waals surface area contributed by atoms with Gasteiger partial charge in [0.1, 0.15) is 71.8 Å². The van der Waals surface area contributed by atoms with E-state index in [0.29, 0.717) is 0 Å². The summed E-state index contributed by atoms with van der Waals surface area (Å²) in [5.74, 6) is -3.83. The second-order valence-electron chi connectivity index (χ2n) is 11.4. The van der Waals surface area contributed by atoms with Gasteiger partial charge in [0.05, 0.1) is 33.2 Å². The Morgan fingerprint density at radius 2 is 0.980 bits per heavy atom. The summed E-state index contributed by atoms with van der Waals surface area (Å²) in [5, 5.41) is 89.7. The van der Waals surface area contributed by atoms with Crippen molar-refractivity contribution >= 4 is 17.9 Å². The van der Waals surface area contributed by atoms with E-state index >= 15 is 0 Å². The lowest BCUT2D eigenvalue weighted by Crippen LogP contribution is -2.60. The third kappa shape index (κ3) is 9.21. The quantitative estimate of drug-likeness (QED) is 0.0711. The topological polar surface area (TPSA) is 298 Å². The lowest BCUT2D eigenvalue weighted by Gasteiger charge is -2.39. The van der Waals surface area contributed by atoms with Crippen molar-refractivity contribution in [2.75, 3.05) is 20.3 Å². The number of esters is 3. The van der Waals surface area contributed by atoms with Crippen molar-refractivity contribution in [1.82, 2.24) is 0 Å². The van der Waals surface area contributed by atoms with E-state index in [9.17, 15) is 60.3 Å². The number of aliphatic hydroxyl groups excluding tert-OH is 8. The molecule has 0 amide bonds. The van der Waals surface area contributed by atoms with Crippen molar-refractivity contribution in [2.45, 2.75) is 79.9 Å². The van der Waals surface area contributed by atoms with Crippen LogP contribution in [0.15, 0.2) is 48.5 Å². The molecule has 0 radical (unpaired) electrons. The first-order chi connectivity index (χ1) is 23.7. The van der Waals surface area contributed by atoms with Crippen LogP contribution in [0.4, 0.5) is 0 Å². The summed E-state index contributed by atoms with van der Waals surface area (Å²) in [7, 11) is 0.994. The minimum absolute atomic E-state index is 0.0344. The third-order valence-corrected chi connectivity index (χ3v) is 7.77. The highest BCUT2D eigenvalue weighted by molar-refractivity contribution is 5.91. The molecule has 2 aromatic carbocycles. The predicted molar refractivity (Wildman–Crippen MR) is 159 cm³/mol. The highest BCUT2D eigenvalue weighted by Crippen LogP contribution is 2.29. The lowest BCUT2D eigenvalue weighted by atomic mass is 9.95. The van der Waals surface area contributed by atoms with E-state index in [1.54, 1.807) is 0 Å². The molecule has 2 fully saturated rings. The second kappa shape index (κ2) is 16.8. The summed E-state index contributed by atoms with van der Waals surface area (Å²) in [4.78, 5) is 37.9. The van der Waals surface area contributed by atoms with Crippen LogP contribution in [0.1, 0.15) is 12.8 Å². The maximum atomic E-state index is 13.1. The van der Waals surface area contributed by atoms with Gasteiger partial charge in [-0.15, -0.1) is 0 Å². The number of ether oxygens (including phenoxy) is 7. The first-order valence-corrected chi connectivity index (χ1v) is 15.1. The van der Waals surface area contributed by atoms with Crippen LogP contribution >= 0.6 is 0 Å².